The number of fused-ring (bicyclic) bond motifs is 2. The second-order valence-electron chi connectivity index (χ2n) is 6.38. The molecule has 29 heavy (non-hydrogen) atoms. The first-order valence-electron chi connectivity index (χ1n) is 9.05. The molecule has 1 aliphatic rings. The van der Waals surface area contributed by atoms with Crippen molar-refractivity contribution in [2.45, 2.75) is 6.10 Å². The minimum absolute atomic E-state index is 0.106. The SMILES string of the molecule is COc1cccc(/C=N\NC(=O)[C@@H]2COc3cc4ccccc4cc3O2)c1OC. The van der Waals surface area contributed by atoms with Crippen molar-refractivity contribution in [3.05, 3.63) is 60.2 Å². The van der Waals surface area contributed by atoms with E-state index in [1.54, 1.807) is 26.4 Å². The van der Waals surface area contributed by atoms with Gasteiger partial charge in [-0.3, -0.25) is 4.79 Å². The molecule has 0 spiro atoms. The van der Waals surface area contributed by atoms with Crippen LogP contribution < -0.4 is 24.4 Å². The first-order valence-corrected chi connectivity index (χ1v) is 9.05. The van der Waals surface area contributed by atoms with Crippen LogP contribution in [0.5, 0.6) is 23.0 Å². The van der Waals surface area contributed by atoms with Gasteiger partial charge in [0.2, 0.25) is 6.10 Å². The van der Waals surface area contributed by atoms with Crippen molar-refractivity contribution in [2.24, 2.45) is 5.10 Å². The number of rotatable bonds is 5. The first kappa shape index (κ1) is 18.6. The summed E-state index contributed by atoms with van der Waals surface area (Å²) in [6.07, 6.45) is 0.692. The van der Waals surface area contributed by atoms with Crippen LogP contribution in [0.15, 0.2) is 59.7 Å². The van der Waals surface area contributed by atoms with E-state index in [2.05, 4.69) is 10.5 Å². The fraction of sp³-hybridized carbons (Fsp3) is 0.182. The van der Waals surface area contributed by atoms with Crippen LogP contribution in [0.4, 0.5) is 0 Å². The molecule has 3 aromatic carbocycles. The molecule has 0 aromatic heterocycles. The number of methoxy groups -OCH3 is 2. The summed E-state index contributed by atoms with van der Waals surface area (Å²) in [5, 5.41) is 6.07. The van der Waals surface area contributed by atoms with Crippen LogP contribution in [0.25, 0.3) is 10.8 Å². The van der Waals surface area contributed by atoms with Crippen molar-refractivity contribution in [1.29, 1.82) is 0 Å². The predicted octanol–water partition coefficient (Wildman–Crippen LogP) is 3.15. The van der Waals surface area contributed by atoms with E-state index >= 15 is 0 Å². The normalized spacial score (nSPS) is 15.3. The molecule has 4 rings (SSSR count). The zero-order valence-corrected chi connectivity index (χ0v) is 16.0. The maximum atomic E-state index is 12.5. The molecule has 0 fully saturated rings. The molecule has 0 saturated heterocycles. The smallest absolute Gasteiger partial charge is 0.284 e. The van der Waals surface area contributed by atoms with Gasteiger partial charge >= 0.3 is 0 Å². The van der Waals surface area contributed by atoms with Gasteiger partial charge < -0.3 is 18.9 Å². The molecule has 0 saturated carbocycles. The standard InChI is InChI=1S/C22H20N2O5/c1-26-17-9-5-8-16(21(17)27-2)12-23-24-22(25)20-13-28-18-10-14-6-3-4-7-15(14)11-19(18)29-20/h3-12,20H,13H2,1-2H3,(H,24,25)/b23-12-/t20-/m0/s1. The highest BCUT2D eigenvalue weighted by molar-refractivity contribution is 5.89. The molecule has 7 heteroatoms. The zero-order chi connectivity index (χ0) is 20.2. The third-order valence-corrected chi connectivity index (χ3v) is 4.58. The first-order chi connectivity index (χ1) is 14.2. The minimum atomic E-state index is -0.798. The van der Waals surface area contributed by atoms with Crippen molar-refractivity contribution in [3.63, 3.8) is 0 Å². The number of ether oxygens (including phenoxy) is 4. The number of hydrogen-bond acceptors (Lipinski definition) is 6. The summed E-state index contributed by atoms with van der Waals surface area (Å²) in [7, 11) is 3.10. The Labute approximate surface area is 167 Å². The highest BCUT2D eigenvalue weighted by Crippen LogP contribution is 2.36. The molecule has 1 heterocycles. The number of carbonyl (C=O) groups excluding carboxylic acids is 1. The molecule has 0 aliphatic carbocycles. The van der Waals surface area contributed by atoms with E-state index in [0.29, 0.717) is 28.6 Å². The number of hydrazone groups is 1. The van der Waals surface area contributed by atoms with Crippen molar-refractivity contribution >= 4 is 22.9 Å². The van der Waals surface area contributed by atoms with Crippen LogP contribution in [0.3, 0.4) is 0 Å². The fourth-order valence-electron chi connectivity index (χ4n) is 3.14. The average Bonchev–Trinajstić information content (AvgIpc) is 2.76. The number of nitrogens with one attached hydrogen (secondary N) is 1. The van der Waals surface area contributed by atoms with E-state index in [1.165, 1.54) is 6.21 Å². The third-order valence-electron chi connectivity index (χ3n) is 4.58. The van der Waals surface area contributed by atoms with Crippen LogP contribution in [-0.4, -0.2) is 39.1 Å². The van der Waals surface area contributed by atoms with Crippen molar-refractivity contribution in [1.82, 2.24) is 5.43 Å². The van der Waals surface area contributed by atoms with Gasteiger partial charge in [0.1, 0.15) is 6.61 Å². The predicted molar refractivity (Wildman–Crippen MR) is 109 cm³/mol. The number of amides is 1. The number of benzene rings is 3. The van der Waals surface area contributed by atoms with Gasteiger partial charge in [0.25, 0.3) is 5.91 Å². The van der Waals surface area contributed by atoms with Crippen molar-refractivity contribution in [2.75, 3.05) is 20.8 Å². The molecule has 148 valence electrons. The molecule has 0 bridgehead atoms. The van der Waals surface area contributed by atoms with Gasteiger partial charge in [-0.25, -0.2) is 5.43 Å². The largest absolute Gasteiger partial charge is 0.493 e. The summed E-state index contributed by atoms with van der Waals surface area (Å²) in [4.78, 5) is 12.5. The molecule has 7 nitrogen and oxygen atoms in total. The quantitative estimate of drug-likeness (QED) is 0.533. The van der Waals surface area contributed by atoms with Crippen LogP contribution in [0, 0.1) is 0 Å². The van der Waals surface area contributed by atoms with E-state index in [-0.39, 0.29) is 6.61 Å². The van der Waals surface area contributed by atoms with Crippen LogP contribution in [0.1, 0.15) is 5.56 Å². The Kier molecular flexibility index (Phi) is 5.20. The van der Waals surface area contributed by atoms with E-state index < -0.39 is 12.0 Å². The number of para-hydroxylation sites is 1. The Balaban J connectivity index is 1.45. The average molecular weight is 392 g/mol. The van der Waals surface area contributed by atoms with E-state index in [1.807, 2.05) is 42.5 Å². The summed E-state index contributed by atoms with van der Waals surface area (Å²) < 4.78 is 22.1. The van der Waals surface area contributed by atoms with Gasteiger partial charge in [-0.2, -0.15) is 5.10 Å². The van der Waals surface area contributed by atoms with Crippen LogP contribution in [0.2, 0.25) is 0 Å². The Morgan fingerprint density at radius 3 is 2.55 bits per heavy atom. The second-order valence-corrected chi connectivity index (χ2v) is 6.38. The maximum Gasteiger partial charge on any atom is 0.284 e. The summed E-state index contributed by atoms with van der Waals surface area (Å²) in [5.74, 6) is 1.87. The summed E-state index contributed by atoms with van der Waals surface area (Å²) in [6, 6.07) is 17.1. The van der Waals surface area contributed by atoms with Gasteiger partial charge in [-0.05, 0) is 35.0 Å². The topological polar surface area (TPSA) is 78.4 Å². The second kappa shape index (κ2) is 8.10. The van der Waals surface area contributed by atoms with Crippen molar-refractivity contribution in [3.8, 4) is 23.0 Å². The van der Waals surface area contributed by atoms with E-state index in [0.717, 1.165) is 10.8 Å². The van der Waals surface area contributed by atoms with E-state index in [9.17, 15) is 4.79 Å². The Hall–Kier alpha value is -3.74. The van der Waals surface area contributed by atoms with Gasteiger partial charge in [-0.1, -0.05) is 30.3 Å². The van der Waals surface area contributed by atoms with Crippen LogP contribution >= 0.6 is 0 Å². The van der Waals surface area contributed by atoms with Gasteiger partial charge in [-0.15, -0.1) is 0 Å². The lowest BCUT2D eigenvalue weighted by Crippen LogP contribution is -2.42. The van der Waals surface area contributed by atoms with Crippen molar-refractivity contribution < 1.29 is 23.7 Å². The molecule has 0 unspecified atom stereocenters. The van der Waals surface area contributed by atoms with Gasteiger partial charge in [0.05, 0.1) is 20.4 Å². The monoisotopic (exact) mass is 392 g/mol. The van der Waals surface area contributed by atoms with Gasteiger partial charge in [0, 0.05) is 5.56 Å². The molecule has 1 amide bonds. The molecular formula is C22H20N2O5. The maximum absolute atomic E-state index is 12.5. The number of carbonyl (C=O) groups is 1. The number of nitrogens with zero attached hydrogens (tertiary/aromatic N) is 1. The highest BCUT2D eigenvalue weighted by Gasteiger charge is 2.27. The Morgan fingerprint density at radius 2 is 1.83 bits per heavy atom. The summed E-state index contributed by atoms with van der Waals surface area (Å²) in [5.41, 5.74) is 3.16. The lowest BCUT2D eigenvalue weighted by atomic mass is 10.1. The lowest BCUT2D eigenvalue weighted by Gasteiger charge is -2.25. The Morgan fingerprint density at radius 1 is 1.07 bits per heavy atom. The minimum Gasteiger partial charge on any atom is -0.493 e. The fourth-order valence-corrected chi connectivity index (χ4v) is 3.14. The van der Waals surface area contributed by atoms with Crippen LogP contribution in [-0.2, 0) is 4.79 Å². The van der Waals surface area contributed by atoms with E-state index in [4.69, 9.17) is 18.9 Å². The molecule has 0 radical (unpaired) electrons. The Bertz CT molecular complexity index is 1080. The molecule has 1 atom stereocenters. The summed E-state index contributed by atoms with van der Waals surface area (Å²) >= 11 is 0. The zero-order valence-electron chi connectivity index (χ0n) is 16.0. The van der Waals surface area contributed by atoms with Gasteiger partial charge in [0.15, 0.2) is 23.0 Å². The number of hydrogen-bond donors (Lipinski definition) is 1. The summed E-state index contributed by atoms with van der Waals surface area (Å²) in [6.45, 7) is 0.106. The molecular weight excluding hydrogens is 372 g/mol. The molecule has 3 aromatic rings. The molecule has 1 N–H and O–H groups in total. The molecule has 1 aliphatic heterocycles. The highest BCUT2D eigenvalue weighted by atomic mass is 16.6. The third kappa shape index (κ3) is 3.80. The lowest BCUT2D eigenvalue weighted by molar-refractivity contribution is -0.130.